The Kier molecular flexibility index (Phi) is 5.32. The summed E-state index contributed by atoms with van der Waals surface area (Å²) in [6.45, 7) is 5.72. The molecule has 0 bridgehead atoms. The molecular formula is C16H20ClN5O2. The van der Waals surface area contributed by atoms with Gasteiger partial charge in [0, 0.05) is 37.0 Å². The molecule has 0 unspecified atom stereocenters. The summed E-state index contributed by atoms with van der Waals surface area (Å²) < 4.78 is 12.6. The molecule has 0 radical (unpaired) electrons. The average molecular weight is 350 g/mol. The number of alkyl halides is 1. The number of hydrogen-bond donors (Lipinski definition) is 0. The van der Waals surface area contributed by atoms with Gasteiger partial charge in [-0.1, -0.05) is 10.3 Å². The van der Waals surface area contributed by atoms with Crippen molar-refractivity contribution in [1.82, 2.24) is 25.0 Å². The fraction of sp³-hybridized carbons (Fsp3) is 0.438. The van der Waals surface area contributed by atoms with Crippen molar-refractivity contribution in [2.24, 2.45) is 0 Å². The molecule has 0 spiro atoms. The van der Waals surface area contributed by atoms with Gasteiger partial charge in [-0.05, 0) is 19.9 Å². The highest BCUT2D eigenvalue weighted by molar-refractivity contribution is 6.18. The lowest BCUT2D eigenvalue weighted by atomic mass is 10.2. The van der Waals surface area contributed by atoms with Crippen LogP contribution in [0.15, 0.2) is 39.6 Å². The first-order chi connectivity index (χ1) is 11.6. The Bertz CT molecular complexity index is 710. The second-order valence-electron chi connectivity index (χ2n) is 5.83. The van der Waals surface area contributed by atoms with E-state index in [0.29, 0.717) is 25.5 Å². The highest BCUT2D eigenvalue weighted by atomic mass is 35.5. The minimum atomic E-state index is 0.0507. The lowest BCUT2D eigenvalue weighted by molar-refractivity contribution is 0.175. The van der Waals surface area contributed by atoms with Gasteiger partial charge >= 0.3 is 0 Å². The van der Waals surface area contributed by atoms with Gasteiger partial charge in [0.1, 0.15) is 0 Å². The van der Waals surface area contributed by atoms with E-state index in [1.165, 1.54) is 0 Å². The van der Waals surface area contributed by atoms with Gasteiger partial charge in [0.15, 0.2) is 11.5 Å². The molecule has 3 aromatic rings. The first-order valence-electron chi connectivity index (χ1n) is 7.76. The Hall–Kier alpha value is -2.12. The maximum absolute atomic E-state index is 6.16. The van der Waals surface area contributed by atoms with Crippen molar-refractivity contribution < 1.29 is 9.05 Å². The molecule has 7 nitrogen and oxygen atoms in total. The van der Waals surface area contributed by atoms with Crippen LogP contribution in [0.25, 0.3) is 0 Å². The molecule has 0 saturated heterocycles. The van der Waals surface area contributed by atoms with Gasteiger partial charge in [0.2, 0.25) is 0 Å². The van der Waals surface area contributed by atoms with Crippen molar-refractivity contribution in [3.05, 3.63) is 53.5 Å². The van der Waals surface area contributed by atoms with Crippen molar-refractivity contribution in [1.29, 1.82) is 0 Å². The minimum Gasteiger partial charge on any atom is -0.360 e. The standard InChI is InChI=1S/C16H20ClN5O2/c1-12-6-15(23-19-12)10-21(11-16-7-13(2)20-24-16)9-14(8-17)22-5-3-4-18-22/h3-7,14H,8-11H2,1-2H3/t14-/m1/s1. The summed E-state index contributed by atoms with van der Waals surface area (Å²) in [6, 6.07) is 5.81. The smallest absolute Gasteiger partial charge is 0.150 e. The van der Waals surface area contributed by atoms with Crippen molar-refractivity contribution in [2.45, 2.75) is 33.0 Å². The molecule has 8 heteroatoms. The van der Waals surface area contributed by atoms with Crippen LogP contribution in [0.3, 0.4) is 0 Å². The third-order valence-electron chi connectivity index (χ3n) is 3.66. The molecular weight excluding hydrogens is 330 g/mol. The van der Waals surface area contributed by atoms with Crippen LogP contribution < -0.4 is 0 Å². The number of halogens is 1. The minimum absolute atomic E-state index is 0.0507. The Morgan fingerprint density at radius 2 is 1.75 bits per heavy atom. The number of hydrogen-bond acceptors (Lipinski definition) is 6. The molecule has 0 aliphatic carbocycles. The topological polar surface area (TPSA) is 73.1 Å². The summed E-state index contributed by atoms with van der Waals surface area (Å²) >= 11 is 6.16. The summed E-state index contributed by atoms with van der Waals surface area (Å²) in [7, 11) is 0. The predicted molar refractivity (Wildman–Crippen MR) is 88.6 cm³/mol. The van der Waals surface area contributed by atoms with Crippen LogP contribution in [0.4, 0.5) is 0 Å². The van der Waals surface area contributed by atoms with Gasteiger partial charge in [0.05, 0.1) is 30.5 Å². The van der Waals surface area contributed by atoms with E-state index in [2.05, 4.69) is 20.3 Å². The maximum atomic E-state index is 6.16. The second-order valence-corrected chi connectivity index (χ2v) is 6.14. The number of aromatic nitrogens is 4. The SMILES string of the molecule is Cc1cc(CN(Cc2cc(C)no2)C[C@@H](CCl)n2cccn2)on1. The van der Waals surface area contributed by atoms with Crippen molar-refractivity contribution in [3.63, 3.8) is 0 Å². The van der Waals surface area contributed by atoms with E-state index < -0.39 is 0 Å². The van der Waals surface area contributed by atoms with Crippen LogP contribution in [0.1, 0.15) is 29.0 Å². The zero-order valence-electron chi connectivity index (χ0n) is 13.7. The first kappa shape index (κ1) is 16.7. The molecule has 0 aliphatic rings. The third kappa shape index (κ3) is 4.24. The highest BCUT2D eigenvalue weighted by Gasteiger charge is 2.19. The lowest BCUT2D eigenvalue weighted by Crippen LogP contribution is -2.31. The predicted octanol–water partition coefficient (Wildman–Crippen LogP) is 2.96. The fourth-order valence-corrected chi connectivity index (χ4v) is 2.84. The van der Waals surface area contributed by atoms with E-state index in [-0.39, 0.29) is 6.04 Å². The van der Waals surface area contributed by atoms with E-state index in [9.17, 15) is 0 Å². The largest absolute Gasteiger partial charge is 0.360 e. The van der Waals surface area contributed by atoms with Gasteiger partial charge in [-0.25, -0.2) is 0 Å². The molecule has 0 amide bonds. The maximum Gasteiger partial charge on any atom is 0.150 e. The molecule has 0 aromatic carbocycles. The van der Waals surface area contributed by atoms with Crippen LogP contribution >= 0.6 is 11.6 Å². The molecule has 0 saturated carbocycles. The number of nitrogens with zero attached hydrogens (tertiary/aromatic N) is 5. The van der Waals surface area contributed by atoms with Crippen LogP contribution in [-0.4, -0.2) is 37.4 Å². The Labute approximate surface area is 145 Å². The number of rotatable bonds is 8. The normalized spacial score (nSPS) is 12.8. The molecule has 3 heterocycles. The average Bonchev–Trinajstić information content (AvgIpc) is 3.28. The van der Waals surface area contributed by atoms with Gasteiger partial charge in [0.25, 0.3) is 0 Å². The number of aryl methyl sites for hydroxylation is 2. The van der Waals surface area contributed by atoms with Crippen LogP contribution in [0.5, 0.6) is 0 Å². The van der Waals surface area contributed by atoms with Gasteiger partial charge in [-0.2, -0.15) is 5.10 Å². The van der Waals surface area contributed by atoms with E-state index in [1.54, 1.807) is 6.20 Å². The van der Waals surface area contributed by atoms with E-state index in [4.69, 9.17) is 20.6 Å². The van der Waals surface area contributed by atoms with Gasteiger partial charge < -0.3 is 9.05 Å². The molecule has 0 aliphatic heterocycles. The molecule has 1 atom stereocenters. The lowest BCUT2D eigenvalue weighted by Gasteiger charge is -2.24. The summed E-state index contributed by atoms with van der Waals surface area (Å²) in [5, 5.41) is 12.2. The van der Waals surface area contributed by atoms with Crippen LogP contribution in [0, 0.1) is 13.8 Å². The van der Waals surface area contributed by atoms with Crippen LogP contribution in [0.2, 0.25) is 0 Å². The zero-order chi connectivity index (χ0) is 16.9. The van der Waals surface area contributed by atoms with Gasteiger partial charge in [-0.15, -0.1) is 11.6 Å². The molecule has 3 aromatic heterocycles. The summed E-state index contributed by atoms with van der Waals surface area (Å²) in [6.07, 6.45) is 3.67. The van der Waals surface area contributed by atoms with Gasteiger partial charge in [-0.3, -0.25) is 9.58 Å². The van der Waals surface area contributed by atoms with E-state index in [0.717, 1.165) is 22.9 Å². The van der Waals surface area contributed by atoms with Crippen molar-refractivity contribution in [3.8, 4) is 0 Å². The Morgan fingerprint density at radius 1 is 1.12 bits per heavy atom. The molecule has 0 N–H and O–H groups in total. The first-order valence-corrected chi connectivity index (χ1v) is 8.29. The zero-order valence-corrected chi connectivity index (χ0v) is 14.5. The summed E-state index contributed by atoms with van der Waals surface area (Å²) in [4.78, 5) is 2.19. The quantitative estimate of drug-likeness (QED) is 0.582. The Balaban J connectivity index is 1.75. The highest BCUT2D eigenvalue weighted by Crippen LogP contribution is 2.17. The van der Waals surface area contributed by atoms with E-state index in [1.807, 2.05) is 42.9 Å². The fourth-order valence-electron chi connectivity index (χ4n) is 2.61. The van der Waals surface area contributed by atoms with Crippen LogP contribution in [-0.2, 0) is 13.1 Å². The molecule has 128 valence electrons. The summed E-state index contributed by atoms with van der Waals surface area (Å²) in [5.74, 6) is 2.07. The molecule has 24 heavy (non-hydrogen) atoms. The summed E-state index contributed by atoms with van der Waals surface area (Å²) in [5.41, 5.74) is 1.72. The monoisotopic (exact) mass is 349 g/mol. The third-order valence-corrected chi connectivity index (χ3v) is 4.01. The molecule has 0 fully saturated rings. The van der Waals surface area contributed by atoms with Crippen molar-refractivity contribution in [2.75, 3.05) is 12.4 Å². The second kappa shape index (κ2) is 7.63. The van der Waals surface area contributed by atoms with Crippen molar-refractivity contribution >= 4 is 11.6 Å². The molecule has 3 rings (SSSR count). The Morgan fingerprint density at radius 3 is 2.17 bits per heavy atom. The van der Waals surface area contributed by atoms with E-state index >= 15 is 0 Å².